The van der Waals surface area contributed by atoms with Crippen LogP contribution in [0.2, 0.25) is 0 Å². The van der Waals surface area contributed by atoms with E-state index in [9.17, 15) is 0 Å². The van der Waals surface area contributed by atoms with Crippen molar-refractivity contribution in [2.75, 3.05) is 0 Å². The molecule has 0 radical (unpaired) electrons. The number of nitrogens with one attached hydrogen (secondary N) is 1. The van der Waals surface area contributed by atoms with E-state index in [4.69, 9.17) is 5.84 Å². The predicted octanol–water partition coefficient (Wildman–Crippen LogP) is 3.91. The van der Waals surface area contributed by atoms with E-state index < -0.39 is 0 Å². The Morgan fingerprint density at radius 3 is 2.32 bits per heavy atom. The number of benzene rings is 1. The van der Waals surface area contributed by atoms with Crippen LogP contribution >= 0.6 is 0 Å². The predicted molar refractivity (Wildman–Crippen MR) is 83.7 cm³/mol. The second-order valence-electron chi connectivity index (χ2n) is 6.99. The molecule has 0 saturated heterocycles. The zero-order valence-corrected chi connectivity index (χ0v) is 12.9. The van der Waals surface area contributed by atoms with Gasteiger partial charge >= 0.3 is 0 Å². The Kier molecular flexibility index (Phi) is 6.53. The summed E-state index contributed by atoms with van der Waals surface area (Å²) in [6.07, 6.45) is 4.60. The maximum atomic E-state index is 5.70. The molecule has 1 aromatic carbocycles. The molecule has 0 bridgehead atoms. The van der Waals surface area contributed by atoms with Crippen LogP contribution in [0, 0.1) is 11.3 Å². The number of nitrogens with two attached hydrogens (primary N) is 1. The Bertz CT molecular complexity index is 340. The zero-order valence-electron chi connectivity index (χ0n) is 12.9. The summed E-state index contributed by atoms with van der Waals surface area (Å²) in [5, 5.41) is 0. The van der Waals surface area contributed by atoms with Crippen LogP contribution in [0.25, 0.3) is 0 Å². The van der Waals surface area contributed by atoms with Gasteiger partial charge in [-0.05, 0) is 42.6 Å². The summed E-state index contributed by atoms with van der Waals surface area (Å²) in [5.74, 6) is 6.40. The molecular weight excluding hydrogens is 232 g/mol. The first-order valence-corrected chi connectivity index (χ1v) is 7.41. The van der Waals surface area contributed by atoms with Crippen LogP contribution in [0.1, 0.15) is 52.5 Å². The Morgan fingerprint density at radius 2 is 1.79 bits per heavy atom. The smallest absolute Gasteiger partial charge is 0.0216 e. The van der Waals surface area contributed by atoms with Gasteiger partial charge in [0.1, 0.15) is 0 Å². The molecule has 0 aliphatic rings. The Hall–Kier alpha value is -0.860. The molecule has 2 heteroatoms. The summed E-state index contributed by atoms with van der Waals surface area (Å²) in [4.78, 5) is 0. The number of hydrazine groups is 1. The molecule has 0 heterocycles. The minimum atomic E-state index is 0.401. The van der Waals surface area contributed by atoms with Crippen LogP contribution in [0.15, 0.2) is 30.3 Å². The molecule has 0 amide bonds. The number of rotatable bonds is 7. The molecule has 2 nitrogen and oxygen atoms in total. The molecule has 0 aliphatic heterocycles. The van der Waals surface area contributed by atoms with Crippen molar-refractivity contribution >= 4 is 0 Å². The highest BCUT2D eigenvalue weighted by atomic mass is 15.2. The minimum absolute atomic E-state index is 0.401. The molecule has 1 aromatic rings. The van der Waals surface area contributed by atoms with Crippen molar-refractivity contribution < 1.29 is 0 Å². The first-order valence-electron chi connectivity index (χ1n) is 7.41. The lowest BCUT2D eigenvalue weighted by Crippen LogP contribution is -2.37. The van der Waals surface area contributed by atoms with E-state index in [0.29, 0.717) is 17.4 Å². The Labute approximate surface area is 118 Å². The monoisotopic (exact) mass is 262 g/mol. The largest absolute Gasteiger partial charge is 0.271 e. The van der Waals surface area contributed by atoms with Gasteiger partial charge in [-0.2, -0.15) is 0 Å². The Balaban J connectivity index is 2.37. The van der Waals surface area contributed by atoms with E-state index in [-0.39, 0.29) is 0 Å². The molecule has 0 aromatic heterocycles. The van der Waals surface area contributed by atoms with Gasteiger partial charge in [-0.1, -0.05) is 58.0 Å². The van der Waals surface area contributed by atoms with Crippen LogP contribution in [0.4, 0.5) is 0 Å². The molecule has 19 heavy (non-hydrogen) atoms. The van der Waals surface area contributed by atoms with E-state index in [1.807, 2.05) is 0 Å². The number of aryl methyl sites for hydroxylation is 1. The highest BCUT2D eigenvalue weighted by Crippen LogP contribution is 2.27. The van der Waals surface area contributed by atoms with E-state index in [2.05, 4.69) is 63.5 Å². The van der Waals surface area contributed by atoms with Gasteiger partial charge in [0, 0.05) is 6.04 Å². The summed E-state index contributed by atoms with van der Waals surface area (Å²) in [6.45, 7) is 9.24. The van der Waals surface area contributed by atoms with Crippen LogP contribution < -0.4 is 11.3 Å². The topological polar surface area (TPSA) is 38.0 Å². The third kappa shape index (κ3) is 7.34. The van der Waals surface area contributed by atoms with Gasteiger partial charge in [-0.15, -0.1) is 0 Å². The van der Waals surface area contributed by atoms with Gasteiger partial charge in [0.25, 0.3) is 0 Å². The van der Waals surface area contributed by atoms with Crippen LogP contribution in [-0.2, 0) is 6.42 Å². The van der Waals surface area contributed by atoms with E-state index >= 15 is 0 Å². The molecular formula is C17H30N2. The number of hydrogen-bond donors (Lipinski definition) is 2. The molecule has 3 N–H and O–H groups in total. The third-order valence-electron chi connectivity index (χ3n) is 3.51. The fraction of sp³-hybridized carbons (Fsp3) is 0.647. The molecule has 0 saturated carbocycles. The lowest BCUT2D eigenvalue weighted by atomic mass is 9.82. The summed E-state index contributed by atoms with van der Waals surface area (Å²) in [6, 6.07) is 11.1. The fourth-order valence-corrected chi connectivity index (χ4v) is 2.87. The highest BCUT2D eigenvalue weighted by molar-refractivity contribution is 5.14. The molecule has 0 aliphatic carbocycles. The maximum absolute atomic E-state index is 5.70. The van der Waals surface area contributed by atoms with Gasteiger partial charge < -0.3 is 0 Å². The zero-order chi connectivity index (χ0) is 14.3. The van der Waals surface area contributed by atoms with Gasteiger partial charge in [0.15, 0.2) is 0 Å². The highest BCUT2D eigenvalue weighted by Gasteiger charge is 2.18. The fourth-order valence-electron chi connectivity index (χ4n) is 2.87. The van der Waals surface area contributed by atoms with Gasteiger partial charge in [-0.3, -0.25) is 11.3 Å². The van der Waals surface area contributed by atoms with Crippen LogP contribution in [0.5, 0.6) is 0 Å². The Morgan fingerprint density at radius 1 is 1.16 bits per heavy atom. The molecule has 1 rings (SSSR count). The maximum Gasteiger partial charge on any atom is 0.0216 e. The van der Waals surface area contributed by atoms with Gasteiger partial charge in [-0.25, -0.2) is 0 Å². The molecule has 108 valence electrons. The SMILES string of the molecule is CC(CC(CCc1ccccc1)NN)CC(C)(C)C. The lowest BCUT2D eigenvalue weighted by molar-refractivity contribution is 0.271. The van der Waals surface area contributed by atoms with Crippen molar-refractivity contribution in [3.05, 3.63) is 35.9 Å². The first-order chi connectivity index (χ1) is 8.90. The van der Waals surface area contributed by atoms with Crippen molar-refractivity contribution in [3.63, 3.8) is 0 Å². The standard InChI is InChI=1S/C17H30N2/c1-14(13-17(2,3)4)12-16(19-18)11-10-15-8-6-5-7-9-15/h5-9,14,16,19H,10-13,18H2,1-4H3. The van der Waals surface area contributed by atoms with E-state index in [1.54, 1.807) is 0 Å². The first kappa shape index (κ1) is 16.2. The average molecular weight is 262 g/mol. The summed E-state index contributed by atoms with van der Waals surface area (Å²) < 4.78 is 0. The summed E-state index contributed by atoms with van der Waals surface area (Å²) in [5.41, 5.74) is 4.78. The minimum Gasteiger partial charge on any atom is -0.271 e. The van der Waals surface area contributed by atoms with Crippen molar-refractivity contribution in [2.24, 2.45) is 17.2 Å². The van der Waals surface area contributed by atoms with Crippen molar-refractivity contribution in [2.45, 2.75) is 59.4 Å². The van der Waals surface area contributed by atoms with Crippen LogP contribution in [0.3, 0.4) is 0 Å². The third-order valence-corrected chi connectivity index (χ3v) is 3.51. The molecule has 0 fully saturated rings. The number of hydrogen-bond acceptors (Lipinski definition) is 2. The lowest BCUT2D eigenvalue weighted by Gasteiger charge is -2.26. The average Bonchev–Trinajstić information content (AvgIpc) is 2.33. The van der Waals surface area contributed by atoms with Crippen LogP contribution in [-0.4, -0.2) is 6.04 Å². The van der Waals surface area contributed by atoms with Crippen molar-refractivity contribution in [1.82, 2.24) is 5.43 Å². The molecule has 2 atom stereocenters. The van der Waals surface area contributed by atoms with E-state index in [0.717, 1.165) is 19.3 Å². The van der Waals surface area contributed by atoms with E-state index in [1.165, 1.54) is 12.0 Å². The van der Waals surface area contributed by atoms with Gasteiger partial charge in [0.05, 0.1) is 0 Å². The molecule has 2 unspecified atom stereocenters. The van der Waals surface area contributed by atoms with Crippen molar-refractivity contribution in [3.8, 4) is 0 Å². The summed E-state index contributed by atoms with van der Waals surface area (Å²) >= 11 is 0. The van der Waals surface area contributed by atoms with Gasteiger partial charge in [0.2, 0.25) is 0 Å². The second kappa shape index (κ2) is 7.66. The second-order valence-corrected chi connectivity index (χ2v) is 6.99. The molecule has 0 spiro atoms. The summed E-state index contributed by atoms with van der Waals surface area (Å²) in [7, 11) is 0. The normalized spacial score (nSPS) is 15.2. The van der Waals surface area contributed by atoms with Crippen molar-refractivity contribution in [1.29, 1.82) is 0 Å². The quantitative estimate of drug-likeness (QED) is 0.577.